The Kier molecular flexibility index (Phi) is 4.61. The van der Waals surface area contributed by atoms with Gasteiger partial charge < -0.3 is 0 Å². The van der Waals surface area contributed by atoms with Gasteiger partial charge in [-0.05, 0) is 36.8 Å². The molecule has 0 aromatic heterocycles. The largest absolute Gasteiger partial charge is 0.242 e. The summed E-state index contributed by atoms with van der Waals surface area (Å²) in [7, 11) is -3.86. The van der Waals surface area contributed by atoms with E-state index in [-0.39, 0.29) is 9.92 Å². The molecular weight excluding hydrogens is 320 g/mol. The lowest BCUT2D eigenvalue weighted by Gasteiger charge is -2.15. The first kappa shape index (κ1) is 15.9. The Morgan fingerprint density at radius 3 is 2.38 bits per heavy atom. The molecule has 2 aromatic rings. The number of sulfonamides is 1. The predicted molar refractivity (Wildman–Crippen MR) is 76.5 cm³/mol. The van der Waals surface area contributed by atoms with Gasteiger partial charge in [0, 0.05) is 6.04 Å². The van der Waals surface area contributed by atoms with Gasteiger partial charge in [-0.3, -0.25) is 0 Å². The van der Waals surface area contributed by atoms with Crippen molar-refractivity contribution in [3.05, 3.63) is 64.7 Å². The highest BCUT2D eigenvalue weighted by molar-refractivity contribution is 7.89. The van der Waals surface area contributed by atoms with Gasteiger partial charge in [0.1, 0.15) is 4.90 Å². The van der Waals surface area contributed by atoms with Crippen LogP contribution in [0.25, 0.3) is 0 Å². The lowest BCUT2D eigenvalue weighted by Crippen LogP contribution is -2.27. The molecule has 1 N–H and O–H groups in total. The zero-order valence-corrected chi connectivity index (χ0v) is 12.5. The second-order valence-corrected chi connectivity index (χ2v) is 6.54. The first-order valence-electron chi connectivity index (χ1n) is 6.03. The maximum Gasteiger partial charge on any atom is 0.242 e. The van der Waals surface area contributed by atoms with E-state index in [0.717, 1.165) is 12.1 Å². The minimum Gasteiger partial charge on any atom is -0.207 e. The SMILES string of the molecule is CC(NS(=O)(=O)c1ccccc1Cl)c1ccc(F)c(F)c1. The second kappa shape index (κ2) is 6.09. The van der Waals surface area contributed by atoms with Crippen LogP contribution in [0.2, 0.25) is 5.02 Å². The summed E-state index contributed by atoms with van der Waals surface area (Å²) < 4.78 is 52.9. The molecule has 2 aromatic carbocycles. The number of nitrogens with one attached hydrogen (secondary N) is 1. The van der Waals surface area contributed by atoms with Gasteiger partial charge >= 0.3 is 0 Å². The van der Waals surface area contributed by atoms with Crippen molar-refractivity contribution in [2.24, 2.45) is 0 Å². The summed E-state index contributed by atoms with van der Waals surface area (Å²) in [5.74, 6) is -2.02. The lowest BCUT2D eigenvalue weighted by molar-refractivity contribution is 0.504. The summed E-state index contributed by atoms with van der Waals surface area (Å²) in [4.78, 5) is -0.0684. The van der Waals surface area contributed by atoms with Crippen LogP contribution in [-0.2, 0) is 10.0 Å². The number of hydrogen-bond acceptors (Lipinski definition) is 2. The normalized spacial score (nSPS) is 13.1. The highest BCUT2D eigenvalue weighted by Crippen LogP contribution is 2.23. The van der Waals surface area contributed by atoms with Gasteiger partial charge in [0.05, 0.1) is 5.02 Å². The predicted octanol–water partition coefficient (Wildman–Crippen LogP) is 3.66. The van der Waals surface area contributed by atoms with Crippen LogP contribution in [0.1, 0.15) is 18.5 Å². The van der Waals surface area contributed by atoms with Crippen LogP contribution in [0, 0.1) is 11.6 Å². The average molecular weight is 332 g/mol. The summed E-state index contributed by atoms with van der Waals surface area (Å²) in [6.07, 6.45) is 0. The van der Waals surface area contributed by atoms with E-state index < -0.39 is 27.7 Å². The molecule has 0 saturated heterocycles. The molecule has 1 unspecified atom stereocenters. The van der Waals surface area contributed by atoms with Crippen LogP contribution in [-0.4, -0.2) is 8.42 Å². The second-order valence-electron chi connectivity index (χ2n) is 4.45. The molecule has 112 valence electrons. The summed E-state index contributed by atoms with van der Waals surface area (Å²) in [6, 6.07) is 8.46. The van der Waals surface area contributed by atoms with E-state index in [0.29, 0.717) is 5.56 Å². The van der Waals surface area contributed by atoms with Crippen LogP contribution in [0.15, 0.2) is 47.4 Å². The smallest absolute Gasteiger partial charge is 0.207 e. The molecule has 0 heterocycles. The molecule has 0 spiro atoms. The van der Waals surface area contributed by atoms with Crippen LogP contribution in [0.3, 0.4) is 0 Å². The van der Waals surface area contributed by atoms with E-state index in [4.69, 9.17) is 11.6 Å². The molecule has 0 aliphatic carbocycles. The molecule has 7 heteroatoms. The molecule has 0 fully saturated rings. The minimum atomic E-state index is -3.86. The first-order valence-corrected chi connectivity index (χ1v) is 7.89. The van der Waals surface area contributed by atoms with Gasteiger partial charge in [-0.15, -0.1) is 0 Å². The van der Waals surface area contributed by atoms with Gasteiger partial charge in [0.25, 0.3) is 0 Å². The van der Waals surface area contributed by atoms with Gasteiger partial charge in [0.2, 0.25) is 10.0 Å². The van der Waals surface area contributed by atoms with E-state index in [1.807, 2.05) is 0 Å². The molecule has 0 amide bonds. The van der Waals surface area contributed by atoms with Crippen molar-refractivity contribution in [1.82, 2.24) is 4.72 Å². The first-order chi connectivity index (χ1) is 9.81. The fourth-order valence-corrected chi connectivity index (χ4v) is 3.56. The molecule has 0 aliphatic heterocycles. The Hall–Kier alpha value is -1.50. The van der Waals surface area contributed by atoms with Crippen molar-refractivity contribution in [3.63, 3.8) is 0 Å². The average Bonchev–Trinajstić information content (AvgIpc) is 2.41. The van der Waals surface area contributed by atoms with Crippen molar-refractivity contribution < 1.29 is 17.2 Å². The Morgan fingerprint density at radius 1 is 1.10 bits per heavy atom. The van der Waals surface area contributed by atoms with Crippen molar-refractivity contribution in [1.29, 1.82) is 0 Å². The molecule has 2 rings (SSSR count). The van der Waals surface area contributed by atoms with Gasteiger partial charge in [-0.25, -0.2) is 21.9 Å². The summed E-state index contributed by atoms with van der Waals surface area (Å²) in [5, 5.41) is 0.0856. The van der Waals surface area contributed by atoms with Crippen LogP contribution in [0.5, 0.6) is 0 Å². The Balaban J connectivity index is 2.28. The topological polar surface area (TPSA) is 46.2 Å². The monoisotopic (exact) mass is 331 g/mol. The molecule has 3 nitrogen and oxygen atoms in total. The molecule has 21 heavy (non-hydrogen) atoms. The number of rotatable bonds is 4. The van der Waals surface area contributed by atoms with E-state index in [1.54, 1.807) is 12.1 Å². The van der Waals surface area contributed by atoms with Crippen molar-refractivity contribution in [2.45, 2.75) is 17.9 Å². The van der Waals surface area contributed by atoms with Crippen molar-refractivity contribution >= 4 is 21.6 Å². The maximum absolute atomic E-state index is 13.2. The molecule has 1 atom stereocenters. The zero-order chi connectivity index (χ0) is 15.6. The highest BCUT2D eigenvalue weighted by atomic mass is 35.5. The molecular formula is C14H12ClF2NO2S. The molecule has 0 saturated carbocycles. The maximum atomic E-state index is 13.2. The van der Waals surface area contributed by atoms with E-state index in [1.165, 1.54) is 25.1 Å². The van der Waals surface area contributed by atoms with E-state index in [2.05, 4.69) is 4.72 Å². The molecule has 0 aliphatic rings. The van der Waals surface area contributed by atoms with Crippen LogP contribution >= 0.6 is 11.6 Å². The zero-order valence-electron chi connectivity index (χ0n) is 11.0. The van der Waals surface area contributed by atoms with Gasteiger partial charge in [-0.2, -0.15) is 0 Å². The Labute approximate surface area is 126 Å². The minimum absolute atomic E-state index is 0.0684. The summed E-state index contributed by atoms with van der Waals surface area (Å²) >= 11 is 5.86. The van der Waals surface area contributed by atoms with Crippen LogP contribution < -0.4 is 4.72 Å². The Morgan fingerprint density at radius 2 is 1.76 bits per heavy atom. The van der Waals surface area contributed by atoms with Crippen molar-refractivity contribution in [3.8, 4) is 0 Å². The third-order valence-electron chi connectivity index (χ3n) is 2.90. The van der Waals surface area contributed by atoms with E-state index in [9.17, 15) is 17.2 Å². The fraction of sp³-hybridized carbons (Fsp3) is 0.143. The fourth-order valence-electron chi connectivity index (χ4n) is 1.81. The Bertz CT molecular complexity index is 765. The number of hydrogen-bond donors (Lipinski definition) is 1. The third kappa shape index (κ3) is 3.58. The molecule has 0 radical (unpaired) electrons. The summed E-state index contributed by atoms with van der Waals surface area (Å²) in [6.45, 7) is 1.53. The molecule has 0 bridgehead atoms. The quantitative estimate of drug-likeness (QED) is 0.929. The lowest BCUT2D eigenvalue weighted by atomic mass is 10.1. The van der Waals surface area contributed by atoms with Gasteiger partial charge in [0.15, 0.2) is 11.6 Å². The highest BCUT2D eigenvalue weighted by Gasteiger charge is 2.21. The standard InChI is InChI=1S/C14H12ClF2NO2S/c1-9(10-6-7-12(16)13(17)8-10)18-21(19,20)14-5-3-2-4-11(14)15/h2-9,18H,1H3. The summed E-state index contributed by atoms with van der Waals surface area (Å²) in [5.41, 5.74) is 0.310. The van der Waals surface area contributed by atoms with Crippen LogP contribution in [0.4, 0.5) is 8.78 Å². The van der Waals surface area contributed by atoms with Crippen molar-refractivity contribution in [2.75, 3.05) is 0 Å². The van der Waals surface area contributed by atoms with Gasteiger partial charge in [-0.1, -0.05) is 29.8 Å². The number of halogens is 3. The van der Waals surface area contributed by atoms with E-state index >= 15 is 0 Å². The number of benzene rings is 2. The third-order valence-corrected chi connectivity index (χ3v) is 4.94.